The lowest BCUT2D eigenvalue weighted by Crippen LogP contribution is -2.29. The number of hydrogen-bond acceptors (Lipinski definition) is 5. The van der Waals surface area contributed by atoms with E-state index >= 15 is 0 Å². The molecule has 150 valence electrons. The first-order chi connectivity index (χ1) is 13.7. The van der Waals surface area contributed by atoms with E-state index in [9.17, 15) is 9.36 Å². The standard InChI is InChI=1S/C22H27O4PS/c1-3-25-19-12-8-9-13-21(19)28-16-20(27-24)18(22(23)26-4-2)15-14-17-10-6-5-7-11-17/h5-13,18,20H,3-4,14-16H2,1-2H3. The Hall–Kier alpha value is -1.84. The average molecular weight is 418 g/mol. The fourth-order valence-corrected chi connectivity index (χ4v) is 4.83. The fourth-order valence-electron chi connectivity index (χ4n) is 2.92. The molecule has 0 saturated carbocycles. The minimum absolute atomic E-state index is 0.0379. The average Bonchev–Trinajstić information content (AvgIpc) is 2.72. The molecule has 2 atom stereocenters. The summed E-state index contributed by atoms with van der Waals surface area (Å²) in [6, 6.07) is 17.8. The van der Waals surface area contributed by atoms with Gasteiger partial charge in [0.25, 0.3) is 0 Å². The quantitative estimate of drug-likeness (QED) is 0.253. The van der Waals surface area contributed by atoms with Crippen molar-refractivity contribution in [3.05, 3.63) is 60.2 Å². The third-order valence-electron chi connectivity index (χ3n) is 4.33. The molecule has 6 heteroatoms. The Morgan fingerprint density at radius 2 is 1.75 bits per heavy atom. The van der Waals surface area contributed by atoms with Crippen molar-refractivity contribution >= 4 is 26.2 Å². The van der Waals surface area contributed by atoms with Crippen LogP contribution in [0.2, 0.25) is 0 Å². The molecule has 0 amide bonds. The molecule has 0 aliphatic carbocycles. The zero-order valence-corrected chi connectivity index (χ0v) is 18.1. The van der Waals surface area contributed by atoms with Gasteiger partial charge in [0.05, 0.1) is 24.8 Å². The van der Waals surface area contributed by atoms with Crippen LogP contribution in [0.3, 0.4) is 0 Å². The molecule has 2 rings (SSSR count). The van der Waals surface area contributed by atoms with Crippen LogP contribution in [0.5, 0.6) is 5.75 Å². The number of benzene rings is 2. The Balaban J connectivity index is 2.08. The van der Waals surface area contributed by atoms with E-state index in [4.69, 9.17) is 9.47 Å². The van der Waals surface area contributed by atoms with Gasteiger partial charge in [-0.05, 0) is 44.4 Å². The van der Waals surface area contributed by atoms with Crippen molar-refractivity contribution in [3.63, 3.8) is 0 Å². The number of aryl methyl sites for hydroxylation is 1. The monoisotopic (exact) mass is 418 g/mol. The van der Waals surface area contributed by atoms with Crippen LogP contribution in [0, 0.1) is 5.92 Å². The first-order valence-electron chi connectivity index (χ1n) is 9.57. The van der Waals surface area contributed by atoms with Crippen LogP contribution in [-0.4, -0.2) is 30.6 Å². The van der Waals surface area contributed by atoms with Crippen LogP contribution in [0.25, 0.3) is 0 Å². The molecule has 0 bridgehead atoms. The Bertz CT molecular complexity index is 738. The molecule has 0 saturated heterocycles. The van der Waals surface area contributed by atoms with Gasteiger partial charge in [-0.3, -0.25) is 9.36 Å². The van der Waals surface area contributed by atoms with Crippen LogP contribution in [0.4, 0.5) is 0 Å². The molecule has 0 aromatic heterocycles. The van der Waals surface area contributed by atoms with Gasteiger partial charge in [-0.1, -0.05) is 42.5 Å². The second-order valence-electron chi connectivity index (χ2n) is 6.25. The van der Waals surface area contributed by atoms with Crippen LogP contribution in [-0.2, 0) is 20.5 Å². The lowest BCUT2D eigenvalue weighted by molar-refractivity contribution is -0.148. The van der Waals surface area contributed by atoms with Gasteiger partial charge >= 0.3 is 5.97 Å². The first kappa shape index (κ1) is 22.4. The number of carbonyl (C=O) groups is 1. The second-order valence-corrected chi connectivity index (χ2v) is 8.18. The zero-order chi connectivity index (χ0) is 20.2. The Labute approximate surface area is 173 Å². The van der Waals surface area contributed by atoms with E-state index in [1.54, 1.807) is 18.7 Å². The Morgan fingerprint density at radius 1 is 1.04 bits per heavy atom. The minimum Gasteiger partial charge on any atom is -0.493 e. The van der Waals surface area contributed by atoms with E-state index < -0.39 is 5.92 Å². The van der Waals surface area contributed by atoms with Crippen molar-refractivity contribution in [1.29, 1.82) is 0 Å². The number of rotatable bonds is 12. The lowest BCUT2D eigenvalue weighted by atomic mass is 9.96. The summed E-state index contributed by atoms with van der Waals surface area (Å²) in [4.78, 5) is 13.5. The molecule has 4 nitrogen and oxygen atoms in total. The molecule has 28 heavy (non-hydrogen) atoms. The predicted octanol–water partition coefficient (Wildman–Crippen LogP) is 5.65. The van der Waals surface area contributed by atoms with Crippen molar-refractivity contribution in [2.45, 2.75) is 37.2 Å². The first-order valence-corrected chi connectivity index (χ1v) is 11.4. The predicted molar refractivity (Wildman–Crippen MR) is 115 cm³/mol. The van der Waals surface area contributed by atoms with E-state index in [1.807, 2.05) is 61.5 Å². The van der Waals surface area contributed by atoms with E-state index in [-0.39, 0.29) is 20.1 Å². The molecular formula is C22H27O4PS. The van der Waals surface area contributed by atoms with E-state index in [0.717, 1.165) is 22.6 Å². The van der Waals surface area contributed by atoms with Crippen molar-refractivity contribution in [3.8, 4) is 5.75 Å². The summed E-state index contributed by atoms with van der Waals surface area (Å²) in [5.74, 6) is 0.679. The van der Waals surface area contributed by atoms with E-state index in [2.05, 4.69) is 0 Å². The highest BCUT2D eigenvalue weighted by molar-refractivity contribution is 7.99. The summed E-state index contributed by atoms with van der Waals surface area (Å²) in [5.41, 5.74) is 0.843. The molecule has 2 aromatic carbocycles. The zero-order valence-electron chi connectivity index (χ0n) is 16.4. The van der Waals surface area contributed by atoms with Crippen LogP contribution in [0.15, 0.2) is 59.5 Å². The molecular weight excluding hydrogens is 391 g/mol. The third-order valence-corrected chi connectivity index (χ3v) is 6.57. The van der Waals surface area contributed by atoms with Crippen molar-refractivity contribution in [2.24, 2.45) is 5.92 Å². The van der Waals surface area contributed by atoms with Gasteiger partial charge < -0.3 is 9.47 Å². The molecule has 0 spiro atoms. The maximum absolute atomic E-state index is 12.5. The van der Waals surface area contributed by atoms with Gasteiger partial charge in [-0.15, -0.1) is 11.8 Å². The molecule has 0 aliphatic rings. The molecule has 2 unspecified atom stereocenters. The Kier molecular flexibility index (Phi) is 10.1. The van der Waals surface area contributed by atoms with Crippen LogP contribution < -0.4 is 4.74 Å². The number of thioether (sulfide) groups is 1. The summed E-state index contributed by atoms with van der Waals surface area (Å²) in [7, 11) is -0.0379. The SMILES string of the molecule is CCOC(=O)C(CCc1ccccc1)C(CSc1ccccc1OCC)P=O. The smallest absolute Gasteiger partial charge is 0.310 e. The van der Waals surface area contributed by atoms with Gasteiger partial charge in [0.15, 0.2) is 8.46 Å². The van der Waals surface area contributed by atoms with Crippen molar-refractivity contribution in [1.82, 2.24) is 0 Å². The molecule has 0 aliphatic heterocycles. The van der Waals surface area contributed by atoms with Crippen molar-refractivity contribution in [2.75, 3.05) is 19.0 Å². The van der Waals surface area contributed by atoms with Gasteiger partial charge in [-0.25, -0.2) is 0 Å². The highest BCUT2D eigenvalue weighted by Gasteiger charge is 2.30. The number of ether oxygens (including phenoxy) is 2. The normalized spacial score (nSPS) is 13.1. The van der Waals surface area contributed by atoms with Gasteiger partial charge in [-0.2, -0.15) is 0 Å². The van der Waals surface area contributed by atoms with E-state index in [0.29, 0.717) is 25.4 Å². The molecule has 0 N–H and O–H groups in total. The van der Waals surface area contributed by atoms with Crippen LogP contribution >= 0.6 is 20.2 Å². The second kappa shape index (κ2) is 12.6. The van der Waals surface area contributed by atoms with Crippen molar-refractivity contribution < 1.29 is 18.8 Å². The van der Waals surface area contributed by atoms with Gasteiger partial charge in [0, 0.05) is 10.6 Å². The summed E-state index contributed by atoms with van der Waals surface area (Å²) in [5, 5.41) is 0. The molecule has 0 heterocycles. The van der Waals surface area contributed by atoms with Crippen LogP contribution in [0.1, 0.15) is 25.8 Å². The van der Waals surface area contributed by atoms with Gasteiger partial charge in [0.2, 0.25) is 0 Å². The third kappa shape index (κ3) is 6.96. The molecule has 0 radical (unpaired) electrons. The van der Waals surface area contributed by atoms with E-state index in [1.165, 1.54) is 0 Å². The highest BCUT2D eigenvalue weighted by Crippen LogP contribution is 2.34. The summed E-state index contributed by atoms with van der Waals surface area (Å²) >= 11 is 1.57. The summed E-state index contributed by atoms with van der Waals surface area (Å²) < 4.78 is 22.9. The Morgan fingerprint density at radius 3 is 2.43 bits per heavy atom. The summed E-state index contributed by atoms with van der Waals surface area (Å²) in [6.45, 7) is 4.65. The number of para-hydroxylation sites is 1. The maximum atomic E-state index is 12.5. The largest absolute Gasteiger partial charge is 0.493 e. The highest BCUT2D eigenvalue weighted by atomic mass is 32.2. The number of hydrogen-bond donors (Lipinski definition) is 0. The van der Waals surface area contributed by atoms with Gasteiger partial charge in [0.1, 0.15) is 5.75 Å². The lowest BCUT2D eigenvalue weighted by Gasteiger charge is -2.21. The fraction of sp³-hybridized carbons (Fsp3) is 0.409. The maximum Gasteiger partial charge on any atom is 0.310 e. The number of carbonyl (C=O) groups excluding carboxylic acids is 1. The molecule has 0 fully saturated rings. The summed E-state index contributed by atoms with van der Waals surface area (Å²) in [6.07, 6.45) is 1.35. The molecule has 2 aromatic rings. The minimum atomic E-state index is -0.411. The topological polar surface area (TPSA) is 52.6 Å². The number of esters is 1.